The molecule has 22 heavy (non-hydrogen) atoms. The highest BCUT2D eigenvalue weighted by atomic mass is 16.5. The van der Waals surface area contributed by atoms with Crippen molar-refractivity contribution < 1.29 is 4.74 Å². The number of pyridine rings is 1. The molecule has 4 rings (SSSR count). The molecule has 1 aromatic heterocycles. The highest BCUT2D eigenvalue weighted by Crippen LogP contribution is 2.35. The lowest BCUT2D eigenvalue weighted by Crippen LogP contribution is -2.19. The molecule has 0 saturated carbocycles. The van der Waals surface area contributed by atoms with Crippen LogP contribution in [0.2, 0.25) is 0 Å². The summed E-state index contributed by atoms with van der Waals surface area (Å²) in [6, 6.07) is 12.3. The van der Waals surface area contributed by atoms with Gasteiger partial charge in [0.1, 0.15) is 5.75 Å². The minimum absolute atomic E-state index is 0.0921. The van der Waals surface area contributed by atoms with Gasteiger partial charge in [0, 0.05) is 10.9 Å². The summed E-state index contributed by atoms with van der Waals surface area (Å²) >= 11 is 0. The van der Waals surface area contributed by atoms with Crippen molar-refractivity contribution in [2.45, 2.75) is 20.4 Å². The normalized spacial score (nSPS) is 12.3. The number of hydrogen-bond acceptors (Lipinski definition) is 2. The largest absolute Gasteiger partial charge is 0.497 e. The topological polar surface area (TPSA) is 31.2 Å². The van der Waals surface area contributed by atoms with Gasteiger partial charge < -0.3 is 9.30 Å². The van der Waals surface area contributed by atoms with E-state index in [4.69, 9.17) is 4.74 Å². The van der Waals surface area contributed by atoms with Gasteiger partial charge in [-0.3, -0.25) is 4.79 Å². The summed E-state index contributed by atoms with van der Waals surface area (Å²) in [5.74, 6) is 0.830. The summed E-state index contributed by atoms with van der Waals surface area (Å²) < 4.78 is 7.16. The average Bonchev–Trinajstić information content (AvgIpc) is 2.86. The first kappa shape index (κ1) is 13.1. The van der Waals surface area contributed by atoms with Gasteiger partial charge in [-0.1, -0.05) is 11.6 Å². The fourth-order valence-electron chi connectivity index (χ4n) is 3.44. The van der Waals surface area contributed by atoms with Gasteiger partial charge in [-0.2, -0.15) is 0 Å². The van der Waals surface area contributed by atoms with Crippen LogP contribution in [-0.4, -0.2) is 11.7 Å². The van der Waals surface area contributed by atoms with E-state index in [9.17, 15) is 4.79 Å². The maximum absolute atomic E-state index is 12.9. The molecular weight excluding hydrogens is 274 g/mol. The van der Waals surface area contributed by atoms with Crippen molar-refractivity contribution in [1.29, 1.82) is 0 Å². The summed E-state index contributed by atoms with van der Waals surface area (Å²) in [5.41, 5.74) is 5.63. The molecule has 0 aliphatic carbocycles. The van der Waals surface area contributed by atoms with Gasteiger partial charge in [-0.15, -0.1) is 0 Å². The fraction of sp³-hybridized carbons (Fsp3) is 0.211. The Kier molecular flexibility index (Phi) is 2.67. The molecule has 1 aliphatic heterocycles. The number of nitrogens with zero attached hydrogens (tertiary/aromatic N) is 1. The first-order chi connectivity index (χ1) is 10.6. The van der Waals surface area contributed by atoms with Crippen molar-refractivity contribution in [3.05, 3.63) is 63.4 Å². The standard InChI is InChI=1S/C19H17NO2/c1-11-6-12(2)16-9-18-15-5-4-14(22-3)8-13(15)10-20(18)19(21)17(16)7-11/h4-9H,10H2,1-3H3. The molecule has 0 unspecified atom stereocenters. The van der Waals surface area contributed by atoms with Crippen LogP contribution in [0, 0.1) is 13.8 Å². The van der Waals surface area contributed by atoms with Gasteiger partial charge in [0.15, 0.2) is 0 Å². The Labute approximate surface area is 128 Å². The third-order valence-corrected chi connectivity index (χ3v) is 4.50. The average molecular weight is 291 g/mol. The van der Waals surface area contributed by atoms with Crippen molar-refractivity contribution in [3.8, 4) is 17.0 Å². The van der Waals surface area contributed by atoms with Gasteiger partial charge in [-0.25, -0.2) is 0 Å². The van der Waals surface area contributed by atoms with E-state index >= 15 is 0 Å². The van der Waals surface area contributed by atoms with E-state index < -0.39 is 0 Å². The second-order valence-corrected chi connectivity index (χ2v) is 5.99. The monoisotopic (exact) mass is 291 g/mol. The Balaban J connectivity index is 2.06. The number of fused-ring (bicyclic) bond motifs is 4. The number of methoxy groups -OCH3 is 1. The van der Waals surface area contributed by atoms with Crippen LogP contribution in [0.4, 0.5) is 0 Å². The maximum atomic E-state index is 12.9. The first-order valence-corrected chi connectivity index (χ1v) is 7.40. The smallest absolute Gasteiger partial charge is 0.259 e. The Morgan fingerprint density at radius 3 is 2.64 bits per heavy atom. The molecule has 2 aromatic carbocycles. The van der Waals surface area contributed by atoms with Gasteiger partial charge in [0.25, 0.3) is 5.56 Å². The molecule has 0 atom stereocenters. The van der Waals surface area contributed by atoms with Gasteiger partial charge >= 0.3 is 0 Å². The van der Waals surface area contributed by atoms with E-state index in [0.717, 1.165) is 44.5 Å². The second kappa shape index (κ2) is 4.47. The highest BCUT2D eigenvalue weighted by Gasteiger charge is 2.21. The van der Waals surface area contributed by atoms with Crippen LogP contribution in [-0.2, 0) is 6.54 Å². The molecule has 3 aromatic rings. The summed E-state index contributed by atoms with van der Waals surface area (Å²) in [6.07, 6.45) is 0. The predicted molar refractivity (Wildman–Crippen MR) is 88.8 cm³/mol. The van der Waals surface area contributed by atoms with E-state index in [1.807, 2.05) is 35.8 Å². The summed E-state index contributed by atoms with van der Waals surface area (Å²) in [4.78, 5) is 12.9. The van der Waals surface area contributed by atoms with E-state index in [0.29, 0.717) is 6.54 Å². The number of ether oxygens (including phenoxy) is 1. The molecule has 2 heterocycles. The highest BCUT2D eigenvalue weighted by molar-refractivity contribution is 5.90. The van der Waals surface area contributed by atoms with E-state index in [2.05, 4.69) is 19.1 Å². The van der Waals surface area contributed by atoms with Crippen molar-refractivity contribution in [3.63, 3.8) is 0 Å². The van der Waals surface area contributed by atoms with Gasteiger partial charge in [0.05, 0.1) is 19.3 Å². The molecule has 0 bridgehead atoms. The molecule has 0 spiro atoms. The van der Waals surface area contributed by atoms with Crippen molar-refractivity contribution in [2.24, 2.45) is 0 Å². The summed E-state index contributed by atoms with van der Waals surface area (Å²) in [7, 11) is 1.66. The van der Waals surface area contributed by atoms with Crippen LogP contribution in [0.5, 0.6) is 5.75 Å². The fourth-order valence-corrected chi connectivity index (χ4v) is 3.44. The second-order valence-electron chi connectivity index (χ2n) is 5.99. The zero-order chi connectivity index (χ0) is 15.4. The Bertz CT molecular complexity index is 983. The third-order valence-electron chi connectivity index (χ3n) is 4.50. The van der Waals surface area contributed by atoms with Crippen LogP contribution in [0.1, 0.15) is 16.7 Å². The lowest BCUT2D eigenvalue weighted by Gasteiger charge is -2.09. The van der Waals surface area contributed by atoms with Gasteiger partial charge in [-0.05, 0) is 60.7 Å². The van der Waals surface area contributed by atoms with Crippen LogP contribution >= 0.6 is 0 Å². The van der Waals surface area contributed by atoms with E-state index in [1.165, 1.54) is 0 Å². The van der Waals surface area contributed by atoms with Crippen molar-refractivity contribution >= 4 is 10.8 Å². The van der Waals surface area contributed by atoms with Crippen LogP contribution in [0.15, 0.2) is 41.2 Å². The number of benzene rings is 2. The Hall–Kier alpha value is -2.55. The Morgan fingerprint density at radius 1 is 1.05 bits per heavy atom. The maximum Gasteiger partial charge on any atom is 0.259 e. The molecule has 0 radical (unpaired) electrons. The van der Waals surface area contributed by atoms with E-state index in [-0.39, 0.29) is 5.56 Å². The molecule has 0 saturated heterocycles. The molecule has 3 heteroatoms. The minimum Gasteiger partial charge on any atom is -0.497 e. The van der Waals surface area contributed by atoms with Gasteiger partial charge in [0.2, 0.25) is 0 Å². The molecule has 3 nitrogen and oxygen atoms in total. The predicted octanol–water partition coefficient (Wildman–Crippen LogP) is 3.66. The number of aromatic nitrogens is 1. The van der Waals surface area contributed by atoms with Crippen LogP contribution in [0.3, 0.4) is 0 Å². The molecule has 0 fully saturated rings. The minimum atomic E-state index is 0.0921. The molecule has 0 N–H and O–H groups in total. The lowest BCUT2D eigenvalue weighted by molar-refractivity contribution is 0.414. The molecule has 1 aliphatic rings. The number of aryl methyl sites for hydroxylation is 2. The SMILES string of the molecule is COc1ccc2c(c1)Cn1c-2cc2c(C)cc(C)cc2c1=O. The summed E-state index contributed by atoms with van der Waals surface area (Å²) in [5, 5.41) is 1.85. The number of rotatable bonds is 1. The molecule has 110 valence electrons. The lowest BCUT2D eigenvalue weighted by atomic mass is 10.0. The number of hydrogen-bond donors (Lipinski definition) is 0. The van der Waals surface area contributed by atoms with Crippen molar-refractivity contribution in [2.75, 3.05) is 7.11 Å². The van der Waals surface area contributed by atoms with Crippen LogP contribution in [0.25, 0.3) is 22.0 Å². The molecular formula is C19H17NO2. The first-order valence-electron chi connectivity index (χ1n) is 7.40. The van der Waals surface area contributed by atoms with Crippen LogP contribution < -0.4 is 10.3 Å². The van der Waals surface area contributed by atoms with Crippen molar-refractivity contribution in [1.82, 2.24) is 4.57 Å². The summed E-state index contributed by atoms with van der Waals surface area (Å²) in [6.45, 7) is 4.71. The zero-order valence-electron chi connectivity index (χ0n) is 12.9. The van der Waals surface area contributed by atoms with E-state index in [1.54, 1.807) is 7.11 Å². The molecule has 0 amide bonds. The quantitative estimate of drug-likeness (QED) is 0.536. The third kappa shape index (κ3) is 1.72. The Morgan fingerprint density at radius 2 is 1.86 bits per heavy atom. The zero-order valence-corrected chi connectivity index (χ0v) is 12.9.